The summed E-state index contributed by atoms with van der Waals surface area (Å²) < 4.78 is 48.6. The lowest BCUT2D eigenvalue weighted by Crippen LogP contribution is -2.08. The van der Waals surface area contributed by atoms with Crippen LogP contribution in [0.15, 0.2) is 30.6 Å². The number of methoxy groups -OCH3 is 1. The number of halogens is 3. The van der Waals surface area contributed by atoms with E-state index in [-0.39, 0.29) is 17.4 Å². The first kappa shape index (κ1) is 13.9. The van der Waals surface area contributed by atoms with E-state index in [1.165, 1.54) is 25.3 Å². The molecule has 2 aromatic rings. The number of hydrogen-bond acceptors (Lipinski definition) is 5. The molecule has 20 heavy (non-hydrogen) atoms. The molecule has 0 saturated heterocycles. The van der Waals surface area contributed by atoms with Gasteiger partial charge in [0.05, 0.1) is 12.7 Å². The van der Waals surface area contributed by atoms with Crippen LogP contribution >= 0.6 is 0 Å². The smallest absolute Gasteiger partial charge is 0.419 e. The van der Waals surface area contributed by atoms with Crippen molar-refractivity contribution < 1.29 is 22.6 Å². The van der Waals surface area contributed by atoms with E-state index in [1.807, 2.05) is 0 Å². The second-order valence-electron chi connectivity index (χ2n) is 3.69. The standard InChI is InChI=1S/C12H10F3N3O2/c1-19-9-10(16)17-6-18-11(9)20-8-5-3-2-4-7(8)12(13,14)15/h2-6H,1H3,(H2,16,17,18). The lowest BCUT2D eigenvalue weighted by molar-refractivity contribution is -0.138. The van der Waals surface area contributed by atoms with Crippen LogP contribution in [-0.4, -0.2) is 17.1 Å². The first-order chi connectivity index (χ1) is 9.43. The van der Waals surface area contributed by atoms with Gasteiger partial charge in [0, 0.05) is 0 Å². The Bertz CT molecular complexity index is 617. The molecule has 0 saturated carbocycles. The normalized spacial score (nSPS) is 11.2. The number of nitrogens with two attached hydrogens (primary N) is 1. The van der Waals surface area contributed by atoms with Gasteiger partial charge in [-0.25, -0.2) is 4.98 Å². The van der Waals surface area contributed by atoms with E-state index in [9.17, 15) is 13.2 Å². The van der Waals surface area contributed by atoms with Gasteiger partial charge in [0.2, 0.25) is 5.75 Å². The van der Waals surface area contributed by atoms with Crippen LogP contribution in [0.25, 0.3) is 0 Å². The summed E-state index contributed by atoms with van der Waals surface area (Å²) >= 11 is 0. The van der Waals surface area contributed by atoms with Crippen molar-refractivity contribution in [2.45, 2.75) is 6.18 Å². The minimum atomic E-state index is -4.54. The summed E-state index contributed by atoms with van der Waals surface area (Å²) in [6, 6.07) is 4.77. The highest BCUT2D eigenvalue weighted by Gasteiger charge is 2.34. The molecule has 2 rings (SSSR count). The van der Waals surface area contributed by atoms with Crippen molar-refractivity contribution >= 4 is 5.82 Å². The van der Waals surface area contributed by atoms with E-state index in [4.69, 9.17) is 15.2 Å². The van der Waals surface area contributed by atoms with Gasteiger partial charge in [-0.05, 0) is 12.1 Å². The third-order valence-electron chi connectivity index (χ3n) is 2.40. The van der Waals surface area contributed by atoms with Crippen molar-refractivity contribution in [2.24, 2.45) is 0 Å². The number of hydrogen-bond donors (Lipinski definition) is 1. The van der Waals surface area contributed by atoms with Crippen molar-refractivity contribution in [3.63, 3.8) is 0 Å². The Labute approximate surface area is 112 Å². The fourth-order valence-electron chi connectivity index (χ4n) is 1.53. The van der Waals surface area contributed by atoms with E-state index < -0.39 is 17.5 Å². The first-order valence-corrected chi connectivity index (χ1v) is 5.42. The van der Waals surface area contributed by atoms with Gasteiger partial charge in [-0.1, -0.05) is 12.1 Å². The van der Waals surface area contributed by atoms with Crippen molar-refractivity contribution in [3.8, 4) is 17.4 Å². The molecule has 8 heteroatoms. The summed E-state index contributed by atoms with van der Waals surface area (Å²) in [5.74, 6) is -0.625. The number of para-hydroxylation sites is 1. The second kappa shape index (κ2) is 5.24. The van der Waals surface area contributed by atoms with Crippen LogP contribution in [0, 0.1) is 0 Å². The van der Waals surface area contributed by atoms with E-state index in [1.54, 1.807) is 0 Å². The van der Waals surface area contributed by atoms with Crippen LogP contribution in [0.1, 0.15) is 5.56 Å². The molecule has 0 amide bonds. The highest BCUT2D eigenvalue weighted by molar-refractivity contribution is 5.53. The Hall–Kier alpha value is -2.51. The highest BCUT2D eigenvalue weighted by Crippen LogP contribution is 2.39. The molecule has 1 aromatic heterocycles. The van der Waals surface area contributed by atoms with Crippen LogP contribution < -0.4 is 15.2 Å². The van der Waals surface area contributed by atoms with Crippen LogP contribution in [0.3, 0.4) is 0 Å². The third-order valence-corrected chi connectivity index (χ3v) is 2.40. The molecule has 0 atom stereocenters. The lowest BCUT2D eigenvalue weighted by Gasteiger charge is -2.14. The molecule has 106 valence electrons. The van der Waals surface area contributed by atoms with Crippen LogP contribution in [0.5, 0.6) is 17.4 Å². The highest BCUT2D eigenvalue weighted by atomic mass is 19.4. The number of benzene rings is 1. The molecule has 5 nitrogen and oxygen atoms in total. The minimum absolute atomic E-state index is 0.0236. The Morgan fingerprint density at radius 2 is 1.85 bits per heavy atom. The zero-order valence-corrected chi connectivity index (χ0v) is 10.3. The Morgan fingerprint density at radius 3 is 2.50 bits per heavy atom. The van der Waals surface area contributed by atoms with Gasteiger partial charge in [-0.3, -0.25) is 0 Å². The Kier molecular flexibility index (Phi) is 3.64. The molecule has 0 spiro atoms. The van der Waals surface area contributed by atoms with Crippen LogP contribution in [-0.2, 0) is 6.18 Å². The molecular weight excluding hydrogens is 275 g/mol. The Morgan fingerprint density at radius 1 is 1.15 bits per heavy atom. The van der Waals surface area contributed by atoms with Gasteiger partial charge >= 0.3 is 6.18 Å². The van der Waals surface area contributed by atoms with Gasteiger partial charge in [0.25, 0.3) is 5.88 Å². The van der Waals surface area contributed by atoms with Crippen molar-refractivity contribution in [2.75, 3.05) is 12.8 Å². The topological polar surface area (TPSA) is 70.3 Å². The van der Waals surface area contributed by atoms with Crippen molar-refractivity contribution in [3.05, 3.63) is 36.2 Å². The minimum Gasteiger partial charge on any atom is -0.489 e. The first-order valence-electron chi connectivity index (χ1n) is 5.42. The third kappa shape index (κ3) is 2.73. The molecule has 0 aliphatic carbocycles. The number of aromatic nitrogens is 2. The summed E-state index contributed by atoms with van der Waals surface area (Å²) in [5, 5.41) is 0. The van der Waals surface area contributed by atoms with Gasteiger partial charge < -0.3 is 15.2 Å². The van der Waals surface area contributed by atoms with Crippen molar-refractivity contribution in [1.82, 2.24) is 9.97 Å². The summed E-state index contributed by atoms with van der Waals surface area (Å²) in [5.41, 5.74) is 4.61. The quantitative estimate of drug-likeness (QED) is 0.939. The maximum Gasteiger partial charge on any atom is 0.419 e. The number of ether oxygens (including phenoxy) is 2. The number of alkyl halides is 3. The van der Waals surface area contributed by atoms with Gasteiger partial charge in [-0.2, -0.15) is 18.2 Å². The second-order valence-corrected chi connectivity index (χ2v) is 3.69. The molecule has 1 heterocycles. The maximum absolute atomic E-state index is 12.8. The summed E-state index contributed by atoms with van der Waals surface area (Å²) in [4.78, 5) is 7.39. The molecule has 0 bridgehead atoms. The molecule has 0 aliphatic heterocycles. The zero-order valence-electron chi connectivity index (χ0n) is 10.3. The molecular formula is C12H10F3N3O2. The largest absolute Gasteiger partial charge is 0.489 e. The summed E-state index contributed by atoms with van der Waals surface area (Å²) in [7, 11) is 1.29. The molecule has 0 fully saturated rings. The van der Waals surface area contributed by atoms with Gasteiger partial charge in [0.1, 0.15) is 12.1 Å². The molecule has 0 radical (unpaired) electrons. The Balaban J connectivity index is 2.44. The average Bonchev–Trinajstić information content (AvgIpc) is 2.38. The van der Waals surface area contributed by atoms with E-state index in [0.29, 0.717) is 0 Å². The predicted molar refractivity (Wildman–Crippen MR) is 64.5 cm³/mol. The fraction of sp³-hybridized carbons (Fsp3) is 0.167. The predicted octanol–water partition coefficient (Wildman–Crippen LogP) is 2.88. The molecule has 2 N–H and O–H groups in total. The number of rotatable bonds is 3. The van der Waals surface area contributed by atoms with E-state index in [2.05, 4.69) is 9.97 Å². The lowest BCUT2D eigenvalue weighted by atomic mass is 10.2. The van der Waals surface area contributed by atoms with Crippen LogP contribution in [0.2, 0.25) is 0 Å². The molecule has 0 aliphatic rings. The van der Waals surface area contributed by atoms with Gasteiger partial charge in [0.15, 0.2) is 5.82 Å². The maximum atomic E-state index is 12.8. The van der Waals surface area contributed by atoms with Gasteiger partial charge in [-0.15, -0.1) is 0 Å². The van der Waals surface area contributed by atoms with E-state index >= 15 is 0 Å². The SMILES string of the molecule is COc1c(N)ncnc1Oc1ccccc1C(F)(F)F. The summed E-state index contributed by atoms with van der Waals surface area (Å²) in [6.45, 7) is 0. The zero-order chi connectivity index (χ0) is 14.8. The molecule has 1 aromatic carbocycles. The fourth-order valence-corrected chi connectivity index (χ4v) is 1.53. The average molecular weight is 285 g/mol. The van der Waals surface area contributed by atoms with Crippen LogP contribution in [0.4, 0.5) is 19.0 Å². The number of nitrogens with zero attached hydrogens (tertiary/aromatic N) is 2. The number of nitrogen functional groups attached to an aromatic ring is 1. The molecule has 0 unspecified atom stereocenters. The monoisotopic (exact) mass is 285 g/mol. The number of anilines is 1. The van der Waals surface area contributed by atoms with Crippen molar-refractivity contribution in [1.29, 1.82) is 0 Å². The van der Waals surface area contributed by atoms with E-state index in [0.717, 1.165) is 12.4 Å². The summed E-state index contributed by atoms with van der Waals surface area (Å²) in [6.07, 6.45) is -3.47.